The molecule has 1 rings (SSSR count). The maximum atomic E-state index is 10.9. The van der Waals surface area contributed by atoms with Crippen molar-refractivity contribution in [3.63, 3.8) is 0 Å². The number of hydrogen-bond acceptors (Lipinski definition) is 5. The molecule has 0 aromatic heterocycles. The summed E-state index contributed by atoms with van der Waals surface area (Å²) in [6.07, 6.45) is 0.456. The first-order chi connectivity index (χ1) is 8.93. The smallest absolute Gasteiger partial charge is 0.273 e. The van der Waals surface area contributed by atoms with E-state index < -0.39 is 11.0 Å². The van der Waals surface area contributed by atoms with Gasteiger partial charge in [0.1, 0.15) is 0 Å². The molecule has 0 aliphatic rings. The normalized spacial score (nSPS) is 12.0. The Morgan fingerprint density at radius 2 is 2.16 bits per heavy atom. The fourth-order valence-corrected chi connectivity index (χ4v) is 1.79. The average molecular weight is 267 g/mol. The highest BCUT2D eigenvalue weighted by Crippen LogP contribution is 2.26. The van der Waals surface area contributed by atoms with E-state index in [2.05, 4.69) is 5.32 Å². The summed E-state index contributed by atoms with van der Waals surface area (Å²) in [7, 11) is 1.80. The van der Waals surface area contributed by atoms with E-state index in [1.165, 1.54) is 12.1 Å². The summed E-state index contributed by atoms with van der Waals surface area (Å²) in [5.74, 6) is 0. The number of nitrogens with zero attached hydrogens (tertiary/aromatic N) is 2. The molecule has 0 spiro atoms. The van der Waals surface area contributed by atoms with E-state index in [4.69, 9.17) is 0 Å². The molecular weight excluding hydrogens is 246 g/mol. The number of benzene rings is 1. The van der Waals surface area contributed by atoms with Gasteiger partial charge in [-0.15, -0.1) is 0 Å². The molecule has 6 nitrogen and oxygen atoms in total. The van der Waals surface area contributed by atoms with Gasteiger partial charge in [-0.25, -0.2) is 0 Å². The summed E-state index contributed by atoms with van der Waals surface area (Å²) >= 11 is 0. The van der Waals surface area contributed by atoms with Crippen LogP contribution in [-0.4, -0.2) is 36.3 Å². The number of anilines is 2. The highest BCUT2D eigenvalue weighted by atomic mass is 16.6. The van der Waals surface area contributed by atoms with E-state index in [0.29, 0.717) is 12.2 Å². The van der Waals surface area contributed by atoms with E-state index in [9.17, 15) is 15.2 Å². The summed E-state index contributed by atoms with van der Waals surface area (Å²) < 4.78 is 0. The van der Waals surface area contributed by atoms with E-state index in [0.717, 1.165) is 18.7 Å². The Kier molecular flexibility index (Phi) is 5.57. The van der Waals surface area contributed by atoms with Crippen LogP contribution in [-0.2, 0) is 0 Å². The number of aliphatic hydroxyl groups is 1. The minimum absolute atomic E-state index is 0.0496. The molecule has 0 fully saturated rings. The predicted octanol–water partition coefficient (Wildman–Crippen LogP) is 2.23. The van der Waals surface area contributed by atoms with Crippen molar-refractivity contribution in [3.8, 4) is 0 Å². The predicted molar refractivity (Wildman–Crippen MR) is 76.8 cm³/mol. The molecule has 1 unspecified atom stereocenters. The molecule has 1 aromatic rings. The van der Waals surface area contributed by atoms with Crippen molar-refractivity contribution >= 4 is 17.1 Å². The monoisotopic (exact) mass is 267 g/mol. The molecule has 0 amide bonds. The van der Waals surface area contributed by atoms with Gasteiger partial charge in [-0.2, -0.15) is 0 Å². The van der Waals surface area contributed by atoms with Gasteiger partial charge in [0.05, 0.1) is 11.0 Å². The van der Waals surface area contributed by atoms with E-state index >= 15 is 0 Å². The third-order valence-electron chi connectivity index (χ3n) is 2.67. The van der Waals surface area contributed by atoms with Gasteiger partial charge in [-0.05, 0) is 19.4 Å². The van der Waals surface area contributed by atoms with Crippen molar-refractivity contribution in [2.75, 3.05) is 30.4 Å². The van der Waals surface area contributed by atoms with Crippen molar-refractivity contribution in [1.82, 2.24) is 0 Å². The lowest BCUT2D eigenvalue weighted by Gasteiger charge is -2.21. The van der Waals surface area contributed by atoms with Gasteiger partial charge in [0.2, 0.25) is 0 Å². The summed E-state index contributed by atoms with van der Waals surface area (Å²) in [5, 5.41) is 23.5. The number of rotatable bonds is 7. The Balaban J connectivity index is 3.01. The van der Waals surface area contributed by atoms with E-state index in [1.807, 2.05) is 13.0 Å². The first-order valence-corrected chi connectivity index (χ1v) is 6.36. The lowest BCUT2D eigenvalue weighted by Crippen LogP contribution is -2.26. The van der Waals surface area contributed by atoms with Gasteiger partial charge in [0, 0.05) is 43.6 Å². The van der Waals surface area contributed by atoms with Crippen LogP contribution in [0.2, 0.25) is 0 Å². The van der Waals surface area contributed by atoms with Crippen molar-refractivity contribution in [2.45, 2.75) is 26.4 Å². The quantitative estimate of drug-likeness (QED) is 0.585. The van der Waals surface area contributed by atoms with Crippen LogP contribution in [0.1, 0.15) is 20.3 Å². The lowest BCUT2D eigenvalue weighted by atomic mass is 10.2. The zero-order valence-electron chi connectivity index (χ0n) is 11.6. The SMILES string of the molecule is CCCNc1cc(N(C)CC(C)O)cc([N+](=O)[O-])c1. The molecule has 0 radical (unpaired) electrons. The van der Waals surface area contributed by atoms with Crippen molar-refractivity contribution < 1.29 is 10.0 Å². The maximum Gasteiger partial charge on any atom is 0.273 e. The molecule has 0 saturated heterocycles. The fraction of sp³-hybridized carbons (Fsp3) is 0.538. The summed E-state index contributed by atoms with van der Waals surface area (Å²) in [4.78, 5) is 12.3. The average Bonchev–Trinajstić information content (AvgIpc) is 2.35. The van der Waals surface area contributed by atoms with Crippen LogP contribution in [0.5, 0.6) is 0 Å². The molecule has 0 aliphatic heterocycles. The second-order valence-corrected chi connectivity index (χ2v) is 4.65. The van der Waals surface area contributed by atoms with Crippen LogP contribution in [0, 0.1) is 10.1 Å². The molecule has 0 bridgehead atoms. The minimum atomic E-state index is -0.490. The topological polar surface area (TPSA) is 78.6 Å². The van der Waals surface area contributed by atoms with Gasteiger partial charge in [0.25, 0.3) is 5.69 Å². The molecule has 19 heavy (non-hydrogen) atoms. The van der Waals surface area contributed by atoms with Crippen molar-refractivity contribution in [3.05, 3.63) is 28.3 Å². The van der Waals surface area contributed by atoms with Gasteiger partial charge >= 0.3 is 0 Å². The van der Waals surface area contributed by atoms with Gasteiger partial charge in [-0.3, -0.25) is 10.1 Å². The number of aliphatic hydroxyl groups excluding tert-OH is 1. The fourth-order valence-electron chi connectivity index (χ4n) is 1.79. The number of nitro benzene ring substituents is 1. The maximum absolute atomic E-state index is 10.9. The lowest BCUT2D eigenvalue weighted by molar-refractivity contribution is -0.384. The molecule has 0 saturated carbocycles. The van der Waals surface area contributed by atoms with Crippen LogP contribution in [0.3, 0.4) is 0 Å². The van der Waals surface area contributed by atoms with Gasteiger partial charge in [-0.1, -0.05) is 6.92 Å². The van der Waals surface area contributed by atoms with Crippen LogP contribution in [0.25, 0.3) is 0 Å². The second kappa shape index (κ2) is 6.94. The summed E-state index contributed by atoms with van der Waals surface area (Å²) in [5.41, 5.74) is 1.49. The molecule has 0 heterocycles. The zero-order chi connectivity index (χ0) is 14.4. The number of nitro groups is 1. The Hall–Kier alpha value is -1.82. The van der Waals surface area contributed by atoms with Crippen LogP contribution < -0.4 is 10.2 Å². The molecular formula is C13H21N3O3. The van der Waals surface area contributed by atoms with Crippen LogP contribution in [0.15, 0.2) is 18.2 Å². The van der Waals surface area contributed by atoms with Gasteiger partial charge in [0.15, 0.2) is 0 Å². The Bertz CT molecular complexity index is 435. The number of hydrogen-bond donors (Lipinski definition) is 2. The highest BCUT2D eigenvalue weighted by molar-refractivity contribution is 5.64. The van der Waals surface area contributed by atoms with Crippen molar-refractivity contribution in [2.24, 2.45) is 0 Å². The standard InChI is InChI=1S/C13H21N3O3/c1-4-5-14-11-6-12(15(3)9-10(2)17)8-13(7-11)16(18)19/h6-8,10,14,17H,4-5,9H2,1-3H3. The second-order valence-electron chi connectivity index (χ2n) is 4.65. The summed E-state index contributed by atoms with van der Waals surface area (Å²) in [6.45, 7) is 4.91. The Morgan fingerprint density at radius 3 is 2.68 bits per heavy atom. The molecule has 0 aliphatic carbocycles. The van der Waals surface area contributed by atoms with Crippen molar-refractivity contribution in [1.29, 1.82) is 0 Å². The first kappa shape index (κ1) is 15.2. The van der Waals surface area contributed by atoms with Crippen LogP contribution in [0.4, 0.5) is 17.1 Å². The third-order valence-corrected chi connectivity index (χ3v) is 2.67. The minimum Gasteiger partial charge on any atom is -0.392 e. The van der Waals surface area contributed by atoms with Crippen LogP contribution >= 0.6 is 0 Å². The van der Waals surface area contributed by atoms with E-state index in [1.54, 1.807) is 18.9 Å². The summed E-state index contributed by atoms with van der Waals surface area (Å²) in [6, 6.07) is 4.89. The molecule has 106 valence electrons. The highest BCUT2D eigenvalue weighted by Gasteiger charge is 2.13. The molecule has 1 atom stereocenters. The number of non-ortho nitro benzene ring substituents is 1. The van der Waals surface area contributed by atoms with Gasteiger partial charge < -0.3 is 15.3 Å². The molecule has 2 N–H and O–H groups in total. The third kappa shape index (κ3) is 4.75. The first-order valence-electron chi connectivity index (χ1n) is 6.36. The molecule has 6 heteroatoms. The Morgan fingerprint density at radius 1 is 1.47 bits per heavy atom. The number of likely N-dealkylation sites (N-methyl/N-ethyl adjacent to an activating group) is 1. The van der Waals surface area contributed by atoms with E-state index in [-0.39, 0.29) is 5.69 Å². The molecule has 1 aromatic carbocycles. The zero-order valence-corrected chi connectivity index (χ0v) is 11.6. The number of nitrogens with one attached hydrogen (secondary N) is 1. The Labute approximate surface area is 113 Å². The largest absolute Gasteiger partial charge is 0.392 e.